The average molecular weight is 310 g/mol. The first-order valence-corrected chi connectivity index (χ1v) is 8.57. The zero-order valence-electron chi connectivity index (χ0n) is 14.3. The van der Waals surface area contributed by atoms with Crippen LogP contribution in [0.3, 0.4) is 0 Å². The molecule has 0 radical (unpaired) electrons. The summed E-state index contributed by atoms with van der Waals surface area (Å²) < 4.78 is 0. The fourth-order valence-corrected chi connectivity index (χ4v) is 3.70. The maximum absolute atomic E-state index is 12.8. The van der Waals surface area contributed by atoms with Crippen molar-refractivity contribution in [2.75, 3.05) is 18.5 Å². The van der Waals surface area contributed by atoms with Crippen molar-refractivity contribution < 1.29 is 4.79 Å². The molecule has 2 atom stereocenters. The highest BCUT2D eigenvalue weighted by Crippen LogP contribution is 2.24. The van der Waals surface area contributed by atoms with Gasteiger partial charge in [-0.2, -0.15) is 0 Å². The van der Waals surface area contributed by atoms with E-state index in [0.717, 1.165) is 18.5 Å². The summed E-state index contributed by atoms with van der Waals surface area (Å²) in [7, 11) is 2.00. The van der Waals surface area contributed by atoms with Crippen molar-refractivity contribution >= 4 is 22.4 Å². The van der Waals surface area contributed by atoms with Crippen molar-refractivity contribution in [3.63, 3.8) is 0 Å². The molecule has 1 saturated heterocycles. The van der Waals surface area contributed by atoms with Crippen LogP contribution < -0.4 is 4.90 Å². The minimum atomic E-state index is 0.236. The molecule has 0 spiro atoms. The number of carbonyl (C=O) groups excluding carboxylic acids is 1. The summed E-state index contributed by atoms with van der Waals surface area (Å²) in [5.74, 6) is 0.236. The normalized spacial score (nSPS) is 21.4. The lowest BCUT2D eigenvalue weighted by Gasteiger charge is -2.40. The van der Waals surface area contributed by atoms with Crippen LogP contribution in [-0.4, -0.2) is 36.5 Å². The van der Waals surface area contributed by atoms with Crippen molar-refractivity contribution in [3.8, 4) is 0 Å². The van der Waals surface area contributed by atoms with Crippen molar-refractivity contribution in [2.24, 2.45) is 0 Å². The Bertz CT molecular complexity index is 687. The van der Waals surface area contributed by atoms with Gasteiger partial charge in [-0.15, -0.1) is 0 Å². The van der Waals surface area contributed by atoms with Crippen LogP contribution >= 0.6 is 0 Å². The summed E-state index contributed by atoms with van der Waals surface area (Å²) in [5, 5.41) is 2.44. The zero-order chi connectivity index (χ0) is 16.4. The number of nitrogens with zero attached hydrogens (tertiary/aromatic N) is 2. The van der Waals surface area contributed by atoms with Crippen LogP contribution in [0.2, 0.25) is 0 Å². The van der Waals surface area contributed by atoms with Gasteiger partial charge in [0.15, 0.2) is 0 Å². The van der Waals surface area contributed by atoms with Crippen LogP contribution in [0.4, 0.5) is 5.69 Å². The molecule has 0 saturated carbocycles. The molecule has 1 heterocycles. The molecule has 23 heavy (non-hydrogen) atoms. The van der Waals surface area contributed by atoms with Crippen LogP contribution in [0.5, 0.6) is 0 Å². The Labute approximate surface area is 138 Å². The van der Waals surface area contributed by atoms with E-state index in [2.05, 4.69) is 54.0 Å². The lowest BCUT2D eigenvalue weighted by molar-refractivity contribution is -0.135. The molecular formula is C20H26N2O. The van der Waals surface area contributed by atoms with Crippen molar-refractivity contribution in [1.82, 2.24) is 4.90 Å². The smallest absolute Gasteiger partial charge is 0.242 e. The van der Waals surface area contributed by atoms with Gasteiger partial charge >= 0.3 is 0 Å². The molecule has 0 aromatic heterocycles. The Morgan fingerprint density at radius 2 is 1.74 bits per heavy atom. The van der Waals surface area contributed by atoms with Gasteiger partial charge in [-0.25, -0.2) is 0 Å². The van der Waals surface area contributed by atoms with Crippen LogP contribution in [0.25, 0.3) is 10.8 Å². The highest BCUT2D eigenvalue weighted by Gasteiger charge is 2.29. The Kier molecular flexibility index (Phi) is 4.56. The van der Waals surface area contributed by atoms with Crippen molar-refractivity contribution in [1.29, 1.82) is 0 Å². The summed E-state index contributed by atoms with van der Waals surface area (Å²) in [4.78, 5) is 16.9. The molecule has 3 heteroatoms. The SMILES string of the molecule is C[C@@H]1CCC[C@H](C)N1C(=O)CN(C)c1ccc2ccccc2c1. The molecule has 0 unspecified atom stereocenters. The van der Waals surface area contributed by atoms with E-state index >= 15 is 0 Å². The van der Waals surface area contributed by atoms with E-state index in [9.17, 15) is 4.79 Å². The number of hydrogen-bond acceptors (Lipinski definition) is 2. The number of anilines is 1. The van der Waals surface area contributed by atoms with E-state index in [4.69, 9.17) is 0 Å². The Balaban J connectivity index is 1.74. The van der Waals surface area contributed by atoms with Gasteiger partial charge in [0.25, 0.3) is 0 Å². The number of rotatable bonds is 3. The maximum atomic E-state index is 12.8. The highest BCUT2D eigenvalue weighted by molar-refractivity contribution is 5.87. The van der Waals surface area contributed by atoms with E-state index in [1.165, 1.54) is 17.2 Å². The molecule has 0 bridgehead atoms. The van der Waals surface area contributed by atoms with E-state index < -0.39 is 0 Å². The molecule has 2 aromatic rings. The fourth-order valence-electron chi connectivity index (χ4n) is 3.70. The van der Waals surface area contributed by atoms with Crippen LogP contribution in [0.1, 0.15) is 33.1 Å². The van der Waals surface area contributed by atoms with E-state index in [1.54, 1.807) is 0 Å². The molecule has 0 aliphatic carbocycles. The molecule has 2 aromatic carbocycles. The first-order valence-electron chi connectivity index (χ1n) is 8.57. The minimum Gasteiger partial charge on any atom is -0.365 e. The van der Waals surface area contributed by atoms with Gasteiger partial charge in [0, 0.05) is 24.8 Å². The topological polar surface area (TPSA) is 23.6 Å². The highest BCUT2D eigenvalue weighted by atomic mass is 16.2. The van der Waals surface area contributed by atoms with Gasteiger partial charge in [0.05, 0.1) is 6.54 Å². The monoisotopic (exact) mass is 310 g/mol. The summed E-state index contributed by atoms with van der Waals surface area (Å²) in [6.45, 7) is 4.78. The lowest BCUT2D eigenvalue weighted by Crippen LogP contribution is -2.50. The van der Waals surface area contributed by atoms with Crippen LogP contribution in [0, 0.1) is 0 Å². The second-order valence-electron chi connectivity index (χ2n) is 6.82. The summed E-state index contributed by atoms with van der Waals surface area (Å²) >= 11 is 0. The molecular weight excluding hydrogens is 284 g/mol. The molecule has 3 rings (SSSR count). The first kappa shape index (κ1) is 15.9. The predicted octanol–water partition coefficient (Wildman–Crippen LogP) is 4.07. The Morgan fingerprint density at radius 3 is 2.43 bits per heavy atom. The maximum Gasteiger partial charge on any atom is 0.242 e. The molecule has 1 fully saturated rings. The number of carbonyl (C=O) groups is 1. The van der Waals surface area contributed by atoms with Crippen LogP contribution in [-0.2, 0) is 4.79 Å². The second-order valence-corrected chi connectivity index (χ2v) is 6.82. The third-order valence-corrected chi connectivity index (χ3v) is 5.03. The van der Waals surface area contributed by atoms with Crippen molar-refractivity contribution in [2.45, 2.75) is 45.2 Å². The van der Waals surface area contributed by atoms with Gasteiger partial charge in [-0.05, 0) is 56.0 Å². The third kappa shape index (κ3) is 3.34. The number of fused-ring (bicyclic) bond motifs is 1. The summed E-state index contributed by atoms with van der Waals surface area (Å²) in [6, 6.07) is 15.4. The lowest BCUT2D eigenvalue weighted by atomic mass is 9.97. The van der Waals surface area contributed by atoms with Gasteiger partial charge in [0.1, 0.15) is 0 Å². The quantitative estimate of drug-likeness (QED) is 0.853. The number of benzene rings is 2. The second kappa shape index (κ2) is 6.61. The predicted molar refractivity (Wildman–Crippen MR) is 96.8 cm³/mol. The molecule has 0 N–H and O–H groups in total. The Morgan fingerprint density at radius 1 is 1.09 bits per heavy atom. The third-order valence-electron chi connectivity index (χ3n) is 5.03. The number of piperidine rings is 1. The van der Waals surface area contributed by atoms with Gasteiger partial charge in [-0.3, -0.25) is 4.79 Å². The molecule has 3 nitrogen and oxygen atoms in total. The zero-order valence-corrected chi connectivity index (χ0v) is 14.3. The summed E-state index contributed by atoms with van der Waals surface area (Å²) in [6.07, 6.45) is 3.47. The molecule has 1 amide bonds. The van der Waals surface area contributed by atoms with Gasteiger partial charge < -0.3 is 9.80 Å². The van der Waals surface area contributed by atoms with E-state index in [-0.39, 0.29) is 5.91 Å². The minimum absolute atomic E-state index is 0.236. The number of likely N-dealkylation sites (tertiary alicyclic amines) is 1. The van der Waals surface area contributed by atoms with Crippen LogP contribution in [0.15, 0.2) is 42.5 Å². The van der Waals surface area contributed by atoms with Gasteiger partial charge in [-0.1, -0.05) is 30.3 Å². The first-order chi connectivity index (χ1) is 11.1. The molecule has 1 aliphatic rings. The number of likely N-dealkylation sites (N-methyl/N-ethyl adjacent to an activating group) is 1. The van der Waals surface area contributed by atoms with E-state index in [0.29, 0.717) is 18.6 Å². The van der Waals surface area contributed by atoms with Gasteiger partial charge in [0.2, 0.25) is 5.91 Å². The molecule has 122 valence electrons. The fraction of sp³-hybridized carbons (Fsp3) is 0.450. The Hall–Kier alpha value is -2.03. The number of hydrogen-bond donors (Lipinski definition) is 0. The molecule has 1 aliphatic heterocycles. The number of amides is 1. The standard InChI is InChI=1S/C20H26N2O/c1-15-7-6-8-16(2)22(15)20(23)14-21(3)19-12-11-17-9-4-5-10-18(17)13-19/h4-5,9-13,15-16H,6-8,14H2,1-3H3/t15-,16+. The van der Waals surface area contributed by atoms with Crippen molar-refractivity contribution in [3.05, 3.63) is 42.5 Å². The van der Waals surface area contributed by atoms with E-state index in [1.807, 2.05) is 19.2 Å². The largest absolute Gasteiger partial charge is 0.365 e. The summed E-state index contributed by atoms with van der Waals surface area (Å²) in [5.41, 5.74) is 1.09. The average Bonchev–Trinajstić information content (AvgIpc) is 2.54.